The molecule has 1 N–H and O–H groups in total. The van der Waals surface area contributed by atoms with Crippen LogP contribution in [0.3, 0.4) is 0 Å². The van der Waals surface area contributed by atoms with E-state index in [0.717, 1.165) is 10.2 Å². The summed E-state index contributed by atoms with van der Waals surface area (Å²) in [6.45, 7) is 5.37. The molecule has 0 atom stereocenters. The van der Waals surface area contributed by atoms with E-state index >= 15 is 0 Å². The average molecular weight is 409 g/mol. The zero-order valence-electron chi connectivity index (χ0n) is 17.0. The molecule has 1 aromatic heterocycles. The first-order chi connectivity index (χ1) is 14.2. The normalized spacial score (nSPS) is 11.2. The SMILES string of the molecule is CC(C)(C)c1ccc(NC(=O)COC(=O)Cn2nc(-c3ccccc3)oc2=O)cc1. The maximum atomic E-state index is 12.0. The molecule has 2 aromatic carbocycles. The van der Waals surface area contributed by atoms with E-state index in [1.807, 2.05) is 18.2 Å². The van der Waals surface area contributed by atoms with Crippen LogP contribution in [0.25, 0.3) is 11.5 Å². The maximum absolute atomic E-state index is 12.0. The highest BCUT2D eigenvalue weighted by Crippen LogP contribution is 2.23. The van der Waals surface area contributed by atoms with Crippen molar-refractivity contribution in [1.29, 1.82) is 0 Å². The molecular formula is C22H23N3O5. The highest BCUT2D eigenvalue weighted by atomic mass is 16.5. The average Bonchev–Trinajstić information content (AvgIpc) is 3.07. The van der Waals surface area contributed by atoms with Crippen molar-refractivity contribution >= 4 is 17.6 Å². The van der Waals surface area contributed by atoms with Gasteiger partial charge in [-0.3, -0.25) is 9.59 Å². The van der Waals surface area contributed by atoms with E-state index in [2.05, 4.69) is 31.2 Å². The minimum Gasteiger partial charge on any atom is -0.454 e. The Bertz CT molecular complexity index is 1080. The molecule has 0 bridgehead atoms. The Morgan fingerprint density at radius 2 is 1.73 bits per heavy atom. The Balaban J connectivity index is 1.52. The van der Waals surface area contributed by atoms with Crippen molar-refractivity contribution in [2.45, 2.75) is 32.7 Å². The minimum atomic E-state index is -0.783. The van der Waals surface area contributed by atoms with E-state index in [9.17, 15) is 14.4 Å². The first kappa shape index (κ1) is 21.0. The lowest BCUT2D eigenvalue weighted by molar-refractivity contribution is -0.148. The standard InChI is InChI=1S/C22H23N3O5/c1-22(2,3)16-9-11-17(12-10-16)23-18(26)14-29-19(27)13-25-21(28)30-20(24-25)15-7-5-4-6-8-15/h4-12H,13-14H2,1-3H3,(H,23,26). The predicted molar refractivity (Wildman–Crippen MR) is 111 cm³/mol. The number of amides is 1. The van der Waals surface area contributed by atoms with Crippen molar-refractivity contribution in [1.82, 2.24) is 9.78 Å². The van der Waals surface area contributed by atoms with Crippen molar-refractivity contribution in [3.8, 4) is 11.5 Å². The Morgan fingerprint density at radius 1 is 1.07 bits per heavy atom. The minimum absolute atomic E-state index is 0.0116. The second-order valence-electron chi connectivity index (χ2n) is 7.73. The number of benzene rings is 2. The molecular weight excluding hydrogens is 386 g/mol. The lowest BCUT2D eigenvalue weighted by atomic mass is 9.87. The fraction of sp³-hybridized carbons (Fsp3) is 0.273. The molecule has 0 saturated carbocycles. The number of anilines is 1. The van der Waals surface area contributed by atoms with Gasteiger partial charge in [0, 0.05) is 11.3 Å². The first-order valence-electron chi connectivity index (χ1n) is 9.42. The molecule has 0 saturated heterocycles. The van der Waals surface area contributed by atoms with Gasteiger partial charge in [-0.2, -0.15) is 4.68 Å². The van der Waals surface area contributed by atoms with Gasteiger partial charge in [0.2, 0.25) is 5.89 Å². The number of ether oxygens (including phenoxy) is 1. The van der Waals surface area contributed by atoms with E-state index in [4.69, 9.17) is 9.15 Å². The third kappa shape index (κ3) is 5.44. The zero-order valence-corrected chi connectivity index (χ0v) is 17.0. The predicted octanol–water partition coefficient (Wildman–Crippen LogP) is 2.98. The van der Waals surface area contributed by atoms with Crippen LogP contribution in [-0.4, -0.2) is 28.3 Å². The lowest BCUT2D eigenvalue weighted by Crippen LogP contribution is -2.26. The second kappa shape index (κ2) is 8.77. The van der Waals surface area contributed by atoms with Gasteiger partial charge >= 0.3 is 11.7 Å². The Labute approximate surface area is 173 Å². The van der Waals surface area contributed by atoms with Crippen LogP contribution in [-0.2, 0) is 26.3 Å². The Kier molecular flexibility index (Phi) is 6.15. The van der Waals surface area contributed by atoms with E-state index in [1.165, 1.54) is 0 Å². The maximum Gasteiger partial charge on any atom is 0.437 e. The molecule has 30 heavy (non-hydrogen) atoms. The summed E-state index contributed by atoms with van der Waals surface area (Å²) in [7, 11) is 0. The van der Waals surface area contributed by atoms with Gasteiger partial charge in [0.25, 0.3) is 5.91 Å². The van der Waals surface area contributed by atoms with Crippen LogP contribution in [0, 0.1) is 0 Å². The molecule has 0 radical (unpaired) electrons. The monoisotopic (exact) mass is 409 g/mol. The summed E-state index contributed by atoms with van der Waals surface area (Å²) < 4.78 is 10.8. The van der Waals surface area contributed by atoms with E-state index in [0.29, 0.717) is 11.3 Å². The van der Waals surface area contributed by atoms with Gasteiger partial charge in [-0.05, 0) is 35.2 Å². The van der Waals surface area contributed by atoms with Gasteiger partial charge in [-0.1, -0.05) is 51.1 Å². The number of rotatable bonds is 6. The third-order valence-electron chi connectivity index (χ3n) is 4.30. The molecule has 1 amide bonds. The van der Waals surface area contributed by atoms with Gasteiger partial charge in [0.05, 0.1) is 0 Å². The van der Waals surface area contributed by atoms with Crippen LogP contribution in [0.1, 0.15) is 26.3 Å². The fourth-order valence-corrected chi connectivity index (χ4v) is 2.67. The van der Waals surface area contributed by atoms with Gasteiger partial charge in [-0.25, -0.2) is 4.79 Å². The number of aromatic nitrogens is 2. The molecule has 0 aliphatic heterocycles. The van der Waals surface area contributed by atoms with Crippen LogP contribution in [0.4, 0.5) is 5.69 Å². The number of carbonyl (C=O) groups is 2. The number of hydrogen-bond acceptors (Lipinski definition) is 6. The van der Waals surface area contributed by atoms with Crippen molar-refractivity contribution in [2.75, 3.05) is 11.9 Å². The summed E-state index contributed by atoms with van der Waals surface area (Å²) in [4.78, 5) is 35.9. The molecule has 3 rings (SSSR count). The van der Waals surface area contributed by atoms with Gasteiger partial charge < -0.3 is 14.5 Å². The summed E-state index contributed by atoms with van der Waals surface area (Å²) in [6.07, 6.45) is 0. The highest BCUT2D eigenvalue weighted by molar-refractivity contribution is 5.92. The number of nitrogens with zero attached hydrogens (tertiary/aromatic N) is 2. The zero-order chi connectivity index (χ0) is 21.7. The fourth-order valence-electron chi connectivity index (χ4n) is 2.67. The number of hydrogen-bond donors (Lipinski definition) is 1. The number of nitrogens with one attached hydrogen (secondary N) is 1. The summed E-state index contributed by atoms with van der Waals surface area (Å²) in [6, 6.07) is 16.3. The first-order valence-corrected chi connectivity index (χ1v) is 9.42. The largest absolute Gasteiger partial charge is 0.454 e. The molecule has 156 valence electrons. The summed E-state index contributed by atoms with van der Waals surface area (Å²) >= 11 is 0. The molecule has 3 aromatic rings. The molecule has 0 aliphatic carbocycles. The van der Waals surface area contributed by atoms with Crippen LogP contribution < -0.4 is 11.1 Å². The smallest absolute Gasteiger partial charge is 0.437 e. The van der Waals surface area contributed by atoms with Crippen LogP contribution in [0.5, 0.6) is 0 Å². The van der Waals surface area contributed by atoms with Gasteiger partial charge in [0.15, 0.2) is 6.61 Å². The van der Waals surface area contributed by atoms with Crippen molar-refractivity contribution in [2.24, 2.45) is 0 Å². The summed E-state index contributed by atoms with van der Waals surface area (Å²) in [5, 5.41) is 6.64. The summed E-state index contributed by atoms with van der Waals surface area (Å²) in [5.74, 6) is -1.94. The molecule has 0 aliphatic rings. The molecule has 8 nitrogen and oxygen atoms in total. The van der Waals surface area contributed by atoms with E-state index in [-0.39, 0.29) is 11.3 Å². The van der Waals surface area contributed by atoms with Crippen molar-refractivity contribution in [3.05, 3.63) is 70.7 Å². The van der Waals surface area contributed by atoms with Crippen LogP contribution in [0.15, 0.2) is 63.8 Å². The second-order valence-corrected chi connectivity index (χ2v) is 7.73. The van der Waals surface area contributed by atoms with Crippen molar-refractivity contribution in [3.63, 3.8) is 0 Å². The number of esters is 1. The molecule has 8 heteroatoms. The van der Waals surface area contributed by atoms with Gasteiger partial charge in [-0.15, -0.1) is 5.10 Å². The van der Waals surface area contributed by atoms with Gasteiger partial charge in [0.1, 0.15) is 6.54 Å². The highest BCUT2D eigenvalue weighted by Gasteiger charge is 2.16. The van der Waals surface area contributed by atoms with Crippen molar-refractivity contribution < 1.29 is 18.7 Å². The quantitative estimate of drug-likeness (QED) is 0.628. The molecule has 0 spiro atoms. The third-order valence-corrected chi connectivity index (χ3v) is 4.30. The molecule has 0 unspecified atom stereocenters. The Morgan fingerprint density at radius 3 is 2.37 bits per heavy atom. The van der Waals surface area contributed by atoms with Crippen LogP contribution in [0.2, 0.25) is 0 Å². The topological polar surface area (TPSA) is 103 Å². The lowest BCUT2D eigenvalue weighted by Gasteiger charge is -2.19. The molecule has 1 heterocycles. The van der Waals surface area contributed by atoms with E-state index < -0.39 is 30.8 Å². The van der Waals surface area contributed by atoms with E-state index in [1.54, 1.807) is 36.4 Å². The number of carbonyl (C=O) groups excluding carboxylic acids is 2. The molecule has 0 fully saturated rings. The summed E-state index contributed by atoms with van der Waals surface area (Å²) in [5.41, 5.74) is 2.36. The Hall–Kier alpha value is -3.68. The van der Waals surface area contributed by atoms with Crippen LogP contribution >= 0.6 is 0 Å².